The van der Waals surface area contributed by atoms with E-state index in [1.165, 1.54) is 0 Å². The largest absolute Gasteiger partial charge is 0.325 e. The molecule has 0 fully saturated rings. The predicted octanol–water partition coefficient (Wildman–Crippen LogP) is 1.52. The van der Waals surface area contributed by atoms with Crippen LogP contribution in [-0.4, -0.2) is 10.2 Å². The number of hydrogen-bond acceptors (Lipinski definition) is 3. The second kappa shape index (κ2) is 3.83. The van der Waals surface area contributed by atoms with E-state index in [2.05, 4.69) is 31.0 Å². The maximum Gasteiger partial charge on any atom is 0.0767 e. The van der Waals surface area contributed by atoms with E-state index < -0.39 is 0 Å². The first kappa shape index (κ1) is 10.1. The van der Waals surface area contributed by atoms with E-state index in [1.807, 2.05) is 12.1 Å². The Hall–Kier alpha value is -0.960. The number of aromatic nitrogens is 2. The van der Waals surface area contributed by atoms with E-state index >= 15 is 0 Å². The minimum absolute atomic E-state index is 0.263. The summed E-state index contributed by atoms with van der Waals surface area (Å²) in [6.45, 7) is 7.02. The Bertz CT molecular complexity index is 258. The lowest BCUT2D eigenvalue weighted by Gasteiger charge is -2.16. The zero-order valence-electron chi connectivity index (χ0n) is 8.54. The topological polar surface area (TPSA) is 51.8 Å². The minimum atomic E-state index is 0.263. The van der Waals surface area contributed by atoms with Crippen LogP contribution in [0.4, 0.5) is 0 Å². The van der Waals surface area contributed by atoms with Crippen LogP contribution in [0.2, 0.25) is 0 Å². The molecule has 3 nitrogen and oxygen atoms in total. The van der Waals surface area contributed by atoms with Crippen LogP contribution in [0, 0.1) is 5.41 Å². The molecule has 1 rings (SSSR count). The summed E-state index contributed by atoms with van der Waals surface area (Å²) in [5.41, 5.74) is 7.56. The molecule has 0 amide bonds. The van der Waals surface area contributed by atoms with E-state index in [0.29, 0.717) is 6.54 Å². The number of nitrogens with zero attached hydrogens (tertiary/aromatic N) is 2. The summed E-state index contributed by atoms with van der Waals surface area (Å²) in [5, 5.41) is 8.11. The Labute approximate surface area is 79.4 Å². The lowest BCUT2D eigenvalue weighted by atomic mass is 9.90. The van der Waals surface area contributed by atoms with Gasteiger partial charge in [0.05, 0.1) is 11.4 Å². The lowest BCUT2D eigenvalue weighted by molar-refractivity contribution is 0.404. The van der Waals surface area contributed by atoms with Gasteiger partial charge in [-0.3, -0.25) is 0 Å². The van der Waals surface area contributed by atoms with Gasteiger partial charge in [0.15, 0.2) is 0 Å². The molecule has 0 saturated carbocycles. The van der Waals surface area contributed by atoms with Crippen LogP contribution in [0.15, 0.2) is 12.1 Å². The third-order valence-corrected chi connectivity index (χ3v) is 1.70. The Balaban J connectivity index is 2.70. The molecule has 0 aliphatic heterocycles. The summed E-state index contributed by atoms with van der Waals surface area (Å²) in [6.07, 6.45) is 0.949. The summed E-state index contributed by atoms with van der Waals surface area (Å²) in [5.74, 6) is 0. The molecule has 0 aromatic carbocycles. The molecular formula is C10H17N3. The van der Waals surface area contributed by atoms with Gasteiger partial charge in [0.1, 0.15) is 0 Å². The second-order valence-electron chi connectivity index (χ2n) is 4.46. The number of hydrogen-bond donors (Lipinski definition) is 1. The van der Waals surface area contributed by atoms with E-state index in [4.69, 9.17) is 5.73 Å². The van der Waals surface area contributed by atoms with E-state index in [-0.39, 0.29) is 5.41 Å². The fourth-order valence-corrected chi connectivity index (χ4v) is 1.13. The molecule has 0 spiro atoms. The van der Waals surface area contributed by atoms with Crippen molar-refractivity contribution in [3.05, 3.63) is 23.5 Å². The molecule has 0 aliphatic rings. The highest BCUT2D eigenvalue weighted by atomic mass is 15.1. The molecule has 0 unspecified atom stereocenters. The minimum Gasteiger partial charge on any atom is -0.325 e. The van der Waals surface area contributed by atoms with Gasteiger partial charge in [-0.2, -0.15) is 10.2 Å². The van der Waals surface area contributed by atoms with Gasteiger partial charge in [-0.25, -0.2) is 0 Å². The Morgan fingerprint density at radius 3 is 2.08 bits per heavy atom. The molecule has 0 atom stereocenters. The Kier molecular flexibility index (Phi) is 2.98. The van der Waals surface area contributed by atoms with Crippen molar-refractivity contribution in [2.24, 2.45) is 11.1 Å². The van der Waals surface area contributed by atoms with Gasteiger partial charge in [-0.1, -0.05) is 20.8 Å². The Morgan fingerprint density at radius 2 is 1.69 bits per heavy atom. The van der Waals surface area contributed by atoms with Crippen LogP contribution in [0.1, 0.15) is 32.2 Å². The number of rotatable bonds is 2. The molecule has 1 aromatic heterocycles. The fourth-order valence-electron chi connectivity index (χ4n) is 1.13. The molecule has 0 radical (unpaired) electrons. The molecule has 0 bridgehead atoms. The Morgan fingerprint density at radius 1 is 1.15 bits per heavy atom. The van der Waals surface area contributed by atoms with Gasteiger partial charge in [0.25, 0.3) is 0 Å². The van der Waals surface area contributed by atoms with Crippen molar-refractivity contribution in [2.75, 3.05) is 0 Å². The summed E-state index contributed by atoms with van der Waals surface area (Å²) in [7, 11) is 0. The molecule has 13 heavy (non-hydrogen) atoms. The number of nitrogens with two attached hydrogens (primary N) is 1. The van der Waals surface area contributed by atoms with Gasteiger partial charge >= 0.3 is 0 Å². The molecule has 1 heterocycles. The van der Waals surface area contributed by atoms with Gasteiger partial charge in [-0.15, -0.1) is 0 Å². The maximum atomic E-state index is 5.42. The second-order valence-corrected chi connectivity index (χ2v) is 4.46. The molecule has 1 aromatic rings. The first-order chi connectivity index (χ1) is 6.01. The highest BCUT2D eigenvalue weighted by Gasteiger charge is 2.12. The van der Waals surface area contributed by atoms with Crippen molar-refractivity contribution < 1.29 is 0 Å². The van der Waals surface area contributed by atoms with Crippen molar-refractivity contribution in [2.45, 2.75) is 33.7 Å². The average molecular weight is 179 g/mol. The lowest BCUT2D eigenvalue weighted by Crippen LogP contribution is -2.11. The SMILES string of the molecule is CC(C)(C)Cc1ccc(CN)nn1. The predicted molar refractivity (Wildman–Crippen MR) is 53.1 cm³/mol. The van der Waals surface area contributed by atoms with Crippen molar-refractivity contribution in [1.82, 2.24) is 10.2 Å². The normalized spacial score (nSPS) is 11.7. The smallest absolute Gasteiger partial charge is 0.0767 e. The van der Waals surface area contributed by atoms with Crippen LogP contribution in [0.5, 0.6) is 0 Å². The third-order valence-electron chi connectivity index (χ3n) is 1.70. The monoisotopic (exact) mass is 179 g/mol. The van der Waals surface area contributed by atoms with Crippen LogP contribution >= 0.6 is 0 Å². The molecule has 72 valence electrons. The van der Waals surface area contributed by atoms with Crippen LogP contribution in [-0.2, 0) is 13.0 Å². The fraction of sp³-hybridized carbons (Fsp3) is 0.600. The van der Waals surface area contributed by atoms with Crippen LogP contribution in [0.3, 0.4) is 0 Å². The molecule has 3 heteroatoms. The van der Waals surface area contributed by atoms with E-state index in [1.54, 1.807) is 0 Å². The highest BCUT2D eigenvalue weighted by molar-refractivity contribution is 5.07. The van der Waals surface area contributed by atoms with Crippen molar-refractivity contribution in [1.29, 1.82) is 0 Å². The first-order valence-electron chi connectivity index (χ1n) is 4.53. The van der Waals surface area contributed by atoms with Gasteiger partial charge < -0.3 is 5.73 Å². The standard InChI is InChI=1S/C10H17N3/c1-10(2,3)6-8-4-5-9(7-11)13-12-8/h4-5H,6-7,11H2,1-3H3. The first-order valence-corrected chi connectivity index (χ1v) is 4.53. The summed E-state index contributed by atoms with van der Waals surface area (Å²) in [4.78, 5) is 0. The van der Waals surface area contributed by atoms with Crippen molar-refractivity contribution in [3.63, 3.8) is 0 Å². The molecule has 0 aliphatic carbocycles. The molecule has 2 N–H and O–H groups in total. The van der Waals surface area contributed by atoms with E-state index in [0.717, 1.165) is 17.8 Å². The van der Waals surface area contributed by atoms with E-state index in [9.17, 15) is 0 Å². The zero-order valence-corrected chi connectivity index (χ0v) is 8.54. The third kappa shape index (κ3) is 3.51. The van der Waals surface area contributed by atoms with Gasteiger partial charge in [-0.05, 0) is 24.0 Å². The van der Waals surface area contributed by atoms with Crippen molar-refractivity contribution >= 4 is 0 Å². The van der Waals surface area contributed by atoms with Gasteiger partial charge in [0, 0.05) is 6.54 Å². The summed E-state index contributed by atoms with van der Waals surface area (Å²) < 4.78 is 0. The summed E-state index contributed by atoms with van der Waals surface area (Å²) in [6, 6.07) is 3.94. The zero-order chi connectivity index (χ0) is 9.90. The quantitative estimate of drug-likeness (QED) is 0.749. The summed E-state index contributed by atoms with van der Waals surface area (Å²) >= 11 is 0. The molecular weight excluding hydrogens is 162 g/mol. The molecule has 0 saturated heterocycles. The van der Waals surface area contributed by atoms with Crippen molar-refractivity contribution in [3.8, 4) is 0 Å². The average Bonchev–Trinajstić information content (AvgIpc) is 2.03. The van der Waals surface area contributed by atoms with Gasteiger partial charge in [0.2, 0.25) is 0 Å². The van der Waals surface area contributed by atoms with Crippen LogP contribution < -0.4 is 5.73 Å². The van der Waals surface area contributed by atoms with Crippen LogP contribution in [0.25, 0.3) is 0 Å². The highest BCUT2D eigenvalue weighted by Crippen LogP contribution is 2.18. The maximum absolute atomic E-state index is 5.42.